The van der Waals surface area contributed by atoms with E-state index in [1.165, 1.54) is 12.8 Å². The molecular weight excluding hydrogens is 268 g/mol. The van der Waals surface area contributed by atoms with Crippen molar-refractivity contribution in [2.24, 2.45) is 5.41 Å². The predicted molar refractivity (Wildman–Crippen MR) is 67.5 cm³/mol. The fourth-order valence-electron chi connectivity index (χ4n) is 2.62. The van der Waals surface area contributed by atoms with Gasteiger partial charge in [-0.25, -0.2) is 0 Å². The lowest BCUT2D eigenvalue weighted by molar-refractivity contribution is 0.129. The van der Waals surface area contributed by atoms with Gasteiger partial charge in [-0.05, 0) is 48.4 Å². The molecule has 3 heteroatoms. The maximum Gasteiger partial charge on any atom is 0.118 e. The number of halogens is 1. The fraction of sp³-hybridized carbons (Fsp3) is 0.538. The SMILES string of the molecule is OCC1(Cc2cc(Br)ccc2O)CCCC1. The molecule has 0 spiro atoms. The Morgan fingerprint density at radius 3 is 2.56 bits per heavy atom. The third-order valence-corrected chi connectivity index (χ3v) is 4.10. The number of aliphatic hydroxyl groups is 1. The van der Waals surface area contributed by atoms with Gasteiger partial charge in [0.05, 0.1) is 0 Å². The maximum absolute atomic E-state index is 9.80. The highest BCUT2D eigenvalue weighted by Crippen LogP contribution is 2.42. The Morgan fingerprint density at radius 1 is 1.25 bits per heavy atom. The third-order valence-electron chi connectivity index (χ3n) is 3.61. The normalized spacial score (nSPS) is 18.9. The lowest BCUT2D eigenvalue weighted by Crippen LogP contribution is -2.24. The van der Waals surface area contributed by atoms with E-state index < -0.39 is 0 Å². The van der Waals surface area contributed by atoms with Crippen LogP contribution in [0.2, 0.25) is 0 Å². The van der Waals surface area contributed by atoms with Crippen LogP contribution in [-0.4, -0.2) is 16.8 Å². The van der Waals surface area contributed by atoms with Gasteiger partial charge in [-0.1, -0.05) is 28.8 Å². The summed E-state index contributed by atoms with van der Waals surface area (Å²) in [6.07, 6.45) is 5.28. The van der Waals surface area contributed by atoms with Gasteiger partial charge in [0.2, 0.25) is 0 Å². The van der Waals surface area contributed by atoms with Crippen LogP contribution in [0.5, 0.6) is 5.75 Å². The summed E-state index contributed by atoms with van der Waals surface area (Å²) in [5.74, 6) is 0.336. The summed E-state index contributed by atoms with van der Waals surface area (Å²) in [5.41, 5.74) is 0.934. The average Bonchev–Trinajstić information content (AvgIpc) is 2.73. The fourth-order valence-corrected chi connectivity index (χ4v) is 3.02. The Labute approximate surface area is 104 Å². The Balaban J connectivity index is 2.21. The van der Waals surface area contributed by atoms with Crippen molar-refractivity contribution in [1.82, 2.24) is 0 Å². The summed E-state index contributed by atoms with van der Waals surface area (Å²) in [6.45, 7) is 0.221. The van der Waals surface area contributed by atoms with Crippen molar-refractivity contribution in [2.75, 3.05) is 6.61 Å². The molecule has 0 radical (unpaired) electrons. The van der Waals surface area contributed by atoms with Crippen LogP contribution in [0.25, 0.3) is 0 Å². The third kappa shape index (κ3) is 2.41. The topological polar surface area (TPSA) is 40.5 Å². The number of phenolic OH excluding ortho intramolecular Hbond substituents is 1. The maximum atomic E-state index is 9.80. The molecule has 1 aliphatic rings. The zero-order chi connectivity index (χ0) is 11.6. The monoisotopic (exact) mass is 284 g/mol. The molecule has 0 amide bonds. The number of phenols is 1. The predicted octanol–water partition coefficient (Wildman–Crippen LogP) is 3.25. The van der Waals surface area contributed by atoms with Crippen molar-refractivity contribution in [3.8, 4) is 5.75 Å². The largest absolute Gasteiger partial charge is 0.508 e. The molecule has 2 N–H and O–H groups in total. The summed E-state index contributed by atoms with van der Waals surface area (Å²) in [4.78, 5) is 0. The van der Waals surface area contributed by atoms with Crippen molar-refractivity contribution in [3.63, 3.8) is 0 Å². The first-order chi connectivity index (χ1) is 7.65. The van der Waals surface area contributed by atoms with Crippen LogP contribution in [0.15, 0.2) is 22.7 Å². The number of hydrogen-bond acceptors (Lipinski definition) is 2. The number of benzene rings is 1. The zero-order valence-corrected chi connectivity index (χ0v) is 10.8. The van der Waals surface area contributed by atoms with Crippen molar-refractivity contribution < 1.29 is 10.2 Å². The molecule has 2 nitrogen and oxygen atoms in total. The molecule has 0 unspecified atom stereocenters. The molecule has 1 aromatic rings. The molecule has 0 aromatic heterocycles. The van der Waals surface area contributed by atoms with E-state index in [0.717, 1.165) is 29.3 Å². The van der Waals surface area contributed by atoms with Gasteiger partial charge < -0.3 is 10.2 Å². The second kappa shape index (κ2) is 4.76. The van der Waals surface area contributed by atoms with Crippen molar-refractivity contribution in [1.29, 1.82) is 0 Å². The molecule has 0 aliphatic heterocycles. The summed E-state index contributed by atoms with van der Waals surface area (Å²) < 4.78 is 0.978. The Morgan fingerprint density at radius 2 is 1.94 bits per heavy atom. The van der Waals surface area contributed by atoms with E-state index in [4.69, 9.17) is 0 Å². The zero-order valence-electron chi connectivity index (χ0n) is 9.25. The molecule has 0 bridgehead atoms. The smallest absolute Gasteiger partial charge is 0.118 e. The standard InChI is InChI=1S/C13H17BrO2/c14-11-3-4-12(16)10(7-11)8-13(9-15)5-1-2-6-13/h3-4,7,15-16H,1-2,5-6,8-9H2. The van der Waals surface area contributed by atoms with Crippen LogP contribution < -0.4 is 0 Å². The lowest BCUT2D eigenvalue weighted by atomic mass is 9.80. The van der Waals surface area contributed by atoms with E-state index in [-0.39, 0.29) is 12.0 Å². The minimum Gasteiger partial charge on any atom is -0.508 e. The molecular formula is C13H17BrO2. The number of aromatic hydroxyl groups is 1. The van der Waals surface area contributed by atoms with Gasteiger partial charge in [0.25, 0.3) is 0 Å². The molecule has 1 aliphatic carbocycles. The second-order valence-electron chi connectivity index (χ2n) is 4.82. The molecule has 1 aromatic carbocycles. The first kappa shape index (κ1) is 11.9. The first-order valence-electron chi connectivity index (χ1n) is 5.73. The molecule has 1 fully saturated rings. The van der Waals surface area contributed by atoms with Gasteiger partial charge in [0.15, 0.2) is 0 Å². The van der Waals surface area contributed by atoms with Gasteiger partial charge in [-0.2, -0.15) is 0 Å². The van der Waals surface area contributed by atoms with Crippen molar-refractivity contribution in [3.05, 3.63) is 28.2 Å². The van der Waals surface area contributed by atoms with Crippen molar-refractivity contribution >= 4 is 15.9 Å². The van der Waals surface area contributed by atoms with Crippen molar-refractivity contribution in [2.45, 2.75) is 32.1 Å². The Kier molecular flexibility index (Phi) is 3.55. The number of rotatable bonds is 3. The first-order valence-corrected chi connectivity index (χ1v) is 6.53. The molecule has 2 rings (SSSR count). The molecule has 1 saturated carbocycles. The van der Waals surface area contributed by atoms with Gasteiger partial charge in [0.1, 0.15) is 5.75 Å². The van der Waals surface area contributed by atoms with E-state index in [2.05, 4.69) is 15.9 Å². The Hall–Kier alpha value is -0.540. The average molecular weight is 285 g/mol. The van der Waals surface area contributed by atoms with E-state index in [9.17, 15) is 10.2 Å². The summed E-state index contributed by atoms with van der Waals surface area (Å²) in [7, 11) is 0. The van der Waals surface area contributed by atoms with Gasteiger partial charge >= 0.3 is 0 Å². The van der Waals surface area contributed by atoms with E-state index in [1.807, 2.05) is 12.1 Å². The lowest BCUT2D eigenvalue weighted by Gasteiger charge is -2.26. The van der Waals surface area contributed by atoms with E-state index in [0.29, 0.717) is 5.75 Å². The van der Waals surface area contributed by atoms with Crippen LogP contribution in [0.3, 0.4) is 0 Å². The summed E-state index contributed by atoms with van der Waals surface area (Å²) in [6, 6.07) is 5.49. The molecule has 0 saturated heterocycles. The summed E-state index contributed by atoms with van der Waals surface area (Å²) in [5, 5.41) is 19.3. The van der Waals surface area contributed by atoms with Crippen LogP contribution in [-0.2, 0) is 6.42 Å². The van der Waals surface area contributed by atoms with Crippen LogP contribution in [0, 0.1) is 5.41 Å². The quantitative estimate of drug-likeness (QED) is 0.895. The highest BCUT2D eigenvalue weighted by Gasteiger charge is 2.33. The summed E-state index contributed by atoms with van der Waals surface area (Å²) >= 11 is 3.41. The number of hydrogen-bond donors (Lipinski definition) is 2. The molecule has 16 heavy (non-hydrogen) atoms. The van der Waals surface area contributed by atoms with Gasteiger partial charge in [-0.15, -0.1) is 0 Å². The highest BCUT2D eigenvalue weighted by atomic mass is 79.9. The Bertz CT molecular complexity index is 370. The molecule has 0 heterocycles. The van der Waals surface area contributed by atoms with Gasteiger partial charge in [0, 0.05) is 11.1 Å². The van der Waals surface area contributed by atoms with E-state index >= 15 is 0 Å². The highest BCUT2D eigenvalue weighted by molar-refractivity contribution is 9.10. The minimum absolute atomic E-state index is 0.00171. The van der Waals surface area contributed by atoms with Crippen LogP contribution in [0.4, 0.5) is 0 Å². The molecule has 0 atom stereocenters. The van der Waals surface area contributed by atoms with E-state index in [1.54, 1.807) is 6.07 Å². The van der Waals surface area contributed by atoms with Gasteiger partial charge in [-0.3, -0.25) is 0 Å². The minimum atomic E-state index is -0.00171. The van der Waals surface area contributed by atoms with Crippen LogP contribution in [0.1, 0.15) is 31.2 Å². The number of aliphatic hydroxyl groups excluding tert-OH is 1. The molecule has 88 valence electrons. The second-order valence-corrected chi connectivity index (χ2v) is 5.73. The van der Waals surface area contributed by atoms with Crippen LogP contribution >= 0.6 is 15.9 Å².